The summed E-state index contributed by atoms with van der Waals surface area (Å²) >= 11 is 0. The highest BCUT2D eigenvalue weighted by Crippen LogP contribution is 2.42. The van der Waals surface area contributed by atoms with E-state index in [0.717, 1.165) is 27.1 Å². The first-order valence-corrected chi connectivity index (χ1v) is 11.7. The topological polar surface area (TPSA) is 76.6 Å². The number of methoxy groups -OCH3 is 1. The third-order valence-electron chi connectivity index (χ3n) is 6.45. The minimum absolute atomic E-state index is 0.000950. The summed E-state index contributed by atoms with van der Waals surface area (Å²) in [5.74, 6) is 1.24. The molecule has 0 fully saturated rings. The molecule has 1 aliphatic rings. The van der Waals surface area contributed by atoms with Gasteiger partial charge in [-0.05, 0) is 37.1 Å². The molecule has 2 aromatic heterocycles. The van der Waals surface area contributed by atoms with Crippen LogP contribution in [0.1, 0.15) is 31.2 Å². The lowest BCUT2D eigenvalue weighted by Gasteiger charge is -2.28. The minimum atomic E-state index is -0.497. The van der Waals surface area contributed by atoms with Crippen molar-refractivity contribution < 1.29 is 14.2 Å². The summed E-state index contributed by atoms with van der Waals surface area (Å²) in [6, 6.07) is 15.5. The lowest BCUT2D eigenvalue weighted by molar-refractivity contribution is 0.0477. The molecule has 0 amide bonds. The van der Waals surface area contributed by atoms with E-state index >= 15 is 0 Å². The first-order valence-electron chi connectivity index (χ1n) is 11.7. The second kappa shape index (κ2) is 8.78. The standard InChI is InChI=1S/C27H29N3O5/c1-16(2)35-19-12-11-18(15-20(19)33-5)25-24-23-21(26(31)29(4)27(32)28(23)3)22(30(24)13-14-34-25)17-9-7-6-8-10-17/h6-12,15-16,25H,13-14H2,1-5H3/t25-/m1/s1. The molecule has 3 heterocycles. The second-order valence-corrected chi connectivity index (χ2v) is 9.01. The monoisotopic (exact) mass is 475 g/mol. The highest BCUT2D eigenvalue weighted by Gasteiger charge is 2.33. The van der Waals surface area contributed by atoms with Crippen molar-refractivity contribution in [3.63, 3.8) is 0 Å². The van der Waals surface area contributed by atoms with Crippen molar-refractivity contribution in [2.45, 2.75) is 32.6 Å². The molecule has 0 spiro atoms. The van der Waals surface area contributed by atoms with E-state index in [1.54, 1.807) is 18.7 Å². The van der Waals surface area contributed by atoms with Gasteiger partial charge in [-0.25, -0.2) is 4.79 Å². The van der Waals surface area contributed by atoms with Crippen LogP contribution in [0, 0.1) is 0 Å². The largest absolute Gasteiger partial charge is 0.493 e. The first-order chi connectivity index (χ1) is 16.8. The molecule has 35 heavy (non-hydrogen) atoms. The van der Waals surface area contributed by atoms with Crippen molar-refractivity contribution in [1.29, 1.82) is 0 Å². The second-order valence-electron chi connectivity index (χ2n) is 9.01. The zero-order valence-corrected chi connectivity index (χ0v) is 20.6. The van der Waals surface area contributed by atoms with Gasteiger partial charge in [-0.2, -0.15) is 0 Å². The Morgan fingerprint density at radius 3 is 2.43 bits per heavy atom. The molecule has 0 bridgehead atoms. The van der Waals surface area contributed by atoms with Crippen LogP contribution in [0.5, 0.6) is 11.5 Å². The van der Waals surface area contributed by atoms with Gasteiger partial charge in [-0.3, -0.25) is 13.9 Å². The number of hydrogen-bond acceptors (Lipinski definition) is 5. The molecule has 8 nitrogen and oxygen atoms in total. The maximum absolute atomic E-state index is 13.5. The Hall–Kier alpha value is -3.78. The average Bonchev–Trinajstić information content (AvgIpc) is 3.22. The van der Waals surface area contributed by atoms with Gasteiger partial charge >= 0.3 is 5.69 Å². The lowest BCUT2D eigenvalue weighted by atomic mass is 10.0. The number of nitrogens with zero attached hydrogens (tertiary/aromatic N) is 3. The molecule has 5 rings (SSSR count). The van der Waals surface area contributed by atoms with Crippen molar-refractivity contribution in [2.24, 2.45) is 14.1 Å². The van der Waals surface area contributed by atoms with Crippen LogP contribution in [-0.2, 0) is 25.4 Å². The maximum Gasteiger partial charge on any atom is 0.331 e. The predicted octanol–water partition coefficient (Wildman–Crippen LogP) is 3.62. The average molecular weight is 476 g/mol. The van der Waals surface area contributed by atoms with Gasteiger partial charge in [-0.1, -0.05) is 36.4 Å². The molecule has 0 aliphatic carbocycles. The van der Waals surface area contributed by atoms with Crippen molar-refractivity contribution >= 4 is 10.9 Å². The number of rotatable bonds is 5. The molecule has 0 radical (unpaired) electrons. The molecule has 0 saturated carbocycles. The maximum atomic E-state index is 13.5. The van der Waals surface area contributed by atoms with E-state index < -0.39 is 6.10 Å². The van der Waals surface area contributed by atoms with Gasteiger partial charge in [0, 0.05) is 20.6 Å². The van der Waals surface area contributed by atoms with E-state index in [1.165, 1.54) is 7.05 Å². The third-order valence-corrected chi connectivity index (χ3v) is 6.45. The van der Waals surface area contributed by atoms with Gasteiger partial charge < -0.3 is 18.8 Å². The Balaban J connectivity index is 1.82. The van der Waals surface area contributed by atoms with Crippen LogP contribution in [0.4, 0.5) is 0 Å². The minimum Gasteiger partial charge on any atom is -0.493 e. The van der Waals surface area contributed by atoms with Gasteiger partial charge in [0.2, 0.25) is 0 Å². The van der Waals surface area contributed by atoms with Crippen LogP contribution in [0.25, 0.3) is 22.2 Å². The number of fused-ring (bicyclic) bond motifs is 3. The van der Waals surface area contributed by atoms with Crippen LogP contribution in [-0.4, -0.2) is 33.5 Å². The van der Waals surface area contributed by atoms with Crippen molar-refractivity contribution in [1.82, 2.24) is 13.7 Å². The van der Waals surface area contributed by atoms with E-state index in [0.29, 0.717) is 35.6 Å². The Morgan fingerprint density at radius 1 is 1.00 bits per heavy atom. The summed E-state index contributed by atoms with van der Waals surface area (Å²) in [6.45, 7) is 4.94. The van der Waals surface area contributed by atoms with Crippen molar-refractivity contribution in [2.75, 3.05) is 13.7 Å². The summed E-state index contributed by atoms with van der Waals surface area (Å²) < 4.78 is 22.6. The highest BCUT2D eigenvalue weighted by molar-refractivity contribution is 5.96. The molecule has 4 aromatic rings. The van der Waals surface area contributed by atoms with Gasteiger partial charge in [0.05, 0.1) is 42.1 Å². The molecule has 1 atom stereocenters. The summed E-state index contributed by atoms with van der Waals surface area (Å²) in [7, 11) is 4.82. The molecule has 182 valence electrons. The Labute approximate surface area is 202 Å². The van der Waals surface area contributed by atoms with Crippen molar-refractivity contribution in [3.05, 3.63) is 80.6 Å². The van der Waals surface area contributed by atoms with Crippen LogP contribution in [0.2, 0.25) is 0 Å². The third kappa shape index (κ3) is 3.65. The van der Waals surface area contributed by atoms with Crippen LogP contribution >= 0.6 is 0 Å². The fourth-order valence-corrected chi connectivity index (χ4v) is 4.93. The van der Waals surface area contributed by atoms with E-state index in [9.17, 15) is 9.59 Å². The van der Waals surface area contributed by atoms with Gasteiger partial charge in [0.25, 0.3) is 5.56 Å². The van der Waals surface area contributed by atoms with E-state index in [4.69, 9.17) is 14.2 Å². The smallest absolute Gasteiger partial charge is 0.331 e. The Morgan fingerprint density at radius 2 is 1.74 bits per heavy atom. The highest BCUT2D eigenvalue weighted by atomic mass is 16.5. The molecular weight excluding hydrogens is 446 g/mol. The molecule has 2 aromatic carbocycles. The van der Waals surface area contributed by atoms with Crippen molar-refractivity contribution in [3.8, 4) is 22.8 Å². The fraction of sp³-hybridized carbons (Fsp3) is 0.333. The molecule has 0 saturated heterocycles. The summed E-state index contributed by atoms with van der Waals surface area (Å²) in [6.07, 6.45) is -0.496. The Kier molecular flexibility index (Phi) is 5.76. The first kappa shape index (κ1) is 23.0. The number of hydrogen-bond donors (Lipinski definition) is 0. The summed E-state index contributed by atoms with van der Waals surface area (Å²) in [5.41, 5.74) is 3.24. The zero-order valence-electron chi connectivity index (χ0n) is 20.6. The van der Waals surface area contributed by atoms with E-state index in [1.807, 2.05) is 62.4 Å². The molecule has 0 N–H and O–H groups in total. The fourth-order valence-electron chi connectivity index (χ4n) is 4.93. The summed E-state index contributed by atoms with van der Waals surface area (Å²) in [4.78, 5) is 26.4. The van der Waals surface area contributed by atoms with E-state index in [2.05, 4.69) is 4.57 Å². The number of aryl methyl sites for hydroxylation is 1. The number of aromatic nitrogens is 3. The predicted molar refractivity (Wildman–Crippen MR) is 134 cm³/mol. The summed E-state index contributed by atoms with van der Waals surface area (Å²) in [5, 5.41) is 0.512. The van der Waals surface area contributed by atoms with Gasteiger partial charge in [0.15, 0.2) is 11.5 Å². The molecule has 0 unspecified atom stereocenters. The van der Waals surface area contributed by atoms with Crippen LogP contribution in [0.15, 0.2) is 58.1 Å². The zero-order chi connectivity index (χ0) is 24.9. The van der Waals surface area contributed by atoms with E-state index in [-0.39, 0.29) is 17.4 Å². The van der Waals surface area contributed by atoms with Crippen LogP contribution in [0.3, 0.4) is 0 Å². The lowest BCUT2D eigenvalue weighted by Crippen LogP contribution is -2.37. The molecular formula is C27H29N3O5. The normalized spacial score (nSPS) is 15.4. The SMILES string of the molecule is COc1cc([C@H]2OCCn3c(-c4ccccc4)c4c(=O)n(C)c(=O)n(C)c4c32)ccc1OC(C)C. The quantitative estimate of drug-likeness (QED) is 0.441. The molecule has 8 heteroatoms. The molecule has 1 aliphatic heterocycles. The van der Waals surface area contributed by atoms with Gasteiger partial charge in [0.1, 0.15) is 6.10 Å². The van der Waals surface area contributed by atoms with Gasteiger partial charge in [-0.15, -0.1) is 0 Å². The Bertz CT molecular complexity index is 1530. The van der Waals surface area contributed by atoms with Crippen LogP contribution < -0.4 is 20.7 Å². The number of ether oxygens (including phenoxy) is 3. The number of benzene rings is 2.